The molecule has 1 fully saturated rings. The first-order valence-electron chi connectivity index (χ1n) is 14.9. The van der Waals surface area contributed by atoms with Gasteiger partial charge in [0.15, 0.2) is 0 Å². The molecule has 0 saturated carbocycles. The topological polar surface area (TPSA) is 110 Å². The van der Waals surface area contributed by atoms with Gasteiger partial charge < -0.3 is 24.6 Å². The molecule has 228 valence electrons. The number of aromatic nitrogens is 3. The highest BCUT2D eigenvalue weighted by Gasteiger charge is 2.38. The largest absolute Gasteiger partial charge is 0.465 e. The van der Waals surface area contributed by atoms with E-state index in [1.165, 1.54) is 23.8 Å². The van der Waals surface area contributed by atoms with Crippen molar-refractivity contribution in [3.63, 3.8) is 0 Å². The molecule has 10 nitrogen and oxygen atoms in total. The van der Waals surface area contributed by atoms with Crippen LogP contribution in [-0.4, -0.2) is 70.6 Å². The Hall–Kier alpha value is -4.05. The second kappa shape index (κ2) is 12.3. The zero-order chi connectivity index (χ0) is 30.9. The average molecular weight is 587 g/mol. The van der Waals surface area contributed by atoms with Gasteiger partial charge in [-0.05, 0) is 68.4 Å². The quantitative estimate of drug-likeness (QED) is 0.371. The predicted molar refractivity (Wildman–Crippen MR) is 166 cm³/mol. The Balaban J connectivity index is 1.27. The molecule has 0 radical (unpaired) electrons. The summed E-state index contributed by atoms with van der Waals surface area (Å²) in [6.07, 6.45) is 2.44. The van der Waals surface area contributed by atoms with Crippen LogP contribution in [0, 0.1) is 13.8 Å². The van der Waals surface area contributed by atoms with Crippen LogP contribution in [0.2, 0.25) is 0 Å². The summed E-state index contributed by atoms with van der Waals surface area (Å²) in [6, 6.07) is 8.44. The number of carbonyl (C=O) groups is 2. The molecule has 1 N–H and O–H groups in total. The van der Waals surface area contributed by atoms with Crippen LogP contribution in [-0.2, 0) is 29.1 Å². The molecule has 0 atom stereocenters. The third kappa shape index (κ3) is 6.34. The molecule has 3 aromatic rings. The van der Waals surface area contributed by atoms with E-state index >= 15 is 0 Å². The predicted octanol–water partition coefficient (Wildman–Crippen LogP) is 4.82. The summed E-state index contributed by atoms with van der Waals surface area (Å²) >= 11 is 0. The van der Waals surface area contributed by atoms with Crippen molar-refractivity contribution in [1.29, 1.82) is 0 Å². The molecule has 10 heteroatoms. The van der Waals surface area contributed by atoms with Crippen molar-refractivity contribution >= 4 is 23.5 Å². The summed E-state index contributed by atoms with van der Waals surface area (Å²) in [7, 11) is 1.37. The van der Waals surface area contributed by atoms with E-state index in [2.05, 4.69) is 61.1 Å². The van der Waals surface area contributed by atoms with Gasteiger partial charge in [0.05, 0.1) is 49.0 Å². The van der Waals surface area contributed by atoms with Crippen molar-refractivity contribution in [1.82, 2.24) is 19.9 Å². The fourth-order valence-corrected chi connectivity index (χ4v) is 6.00. The number of ether oxygens (including phenoxy) is 2. The zero-order valence-electron chi connectivity index (χ0n) is 26.3. The Morgan fingerprint density at radius 1 is 1.09 bits per heavy atom. The number of nitrogens with one attached hydrogen (secondary N) is 1. The van der Waals surface area contributed by atoms with E-state index < -0.39 is 5.54 Å². The normalized spacial score (nSPS) is 15.9. The van der Waals surface area contributed by atoms with Gasteiger partial charge in [-0.25, -0.2) is 19.7 Å². The minimum atomic E-state index is -0.489. The Bertz CT molecular complexity index is 1510. The van der Waals surface area contributed by atoms with Gasteiger partial charge in [0.1, 0.15) is 17.3 Å². The number of pyridine rings is 1. The minimum absolute atomic E-state index is 0.0928. The Kier molecular flexibility index (Phi) is 8.69. The summed E-state index contributed by atoms with van der Waals surface area (Å²) in [5, 5.41) is 3.45. The monoisotopic (exact) mass is 586 g/mol. The van der Waals surface area contributed by atoms with Crippen LogP contribution in [0.1, 0.15) is 88.1 Å². The number of esters is 1. The first-order chi connectivity index (χ1) is 20.5. The second-order valence-electron chi connectivity index (χ2n) is 12.4. The minimum Gasteiger partial charge on any atom is -0.465 e. The van der Waals surface area contributed by atoms with Crippen LogP contribution in [0.15, 0.2) is 30.5 Å². The first kappa shape index (κ1) is 30.4. The second-order valence-corrected chi connectivity index (χ2v) is 12.4. The lowest BCUT2D eigenvalue weighted by Crippen LogP contribution is -2.61. The van der Waals surface area contributed by atoms with Crippen LogP contribution < -0.4 is 10.2 Å². The lowest BCUT2D eigenvalue weighted by molar-refractivity contribution is 0.0505. The zero-order valence-corrected chi connectivity index (χ0v) is 26.3. The van der Waals surface area contributed by atoms with Crippen molar-refractivity contribution in [2.45, 2.75) is 72.6 Å². The lowest BCUT2D eigenvalue weighted by Gasteiger charge is -2.47. The fraction of sp³-hybridized carbons (Fsp3) is 0.485. The maximum Gasteiger partial charge on any atom is 0.339 e. The number of anilines is 2. The van der Waals surface area contributed by atoms with E-state index in [-0.39, 0.29) is 17.8 Å². The van der Waals surface area contributed by atoms with Crippen LogP contribution in [0.3, 0.4) is 0 Å². The summed E-state index contributed by atoms with van der Waals surface area (Å²) < 4.78 is 10.5. The summed E-state index contributed by atoms with van der Waals surface area (Å²) in [5.41, 5.74) is 6.38. The first-order valence-corrected chi connectivity index (χ1v) is 14.9. The van der Waals surface area contributed by atoms with Crippen molar-refractivity contribution in [2.24, 2.45) is 0 Å². The number of hydrogen-bond acceptors (Lipinski definition) is 9. The molecule has 43 heavy (non-hydrogen) atoms. The molecule has 0 spiro atoms. The SMILES string of the molecule is COC(=O)c1c(C)cc(N2CCN(C(=O)c3cnc(NCCc4ccc5c(c4)COC5)c(C(C)C)n3)C(C)(C)C2)nc1C. The van der Waals surface area contributed by atoms with Crippen molar-refractivity contribution < 1.29 is 19.1 Å². The summed E-state index contributed by atoms with van der Waals surface area (Å²) in [4.78, 5) is 44.2. The number of rotatable bonds is 8. The van der Waals surface area contributed by atoms with Crippen LogP contribution >= 0.6 is 0 Å². The number of piperazine rings is 1. The molecular weight excluding hydrogens is 544 g/mol. The number of methoxy groups -OCH3 is 1. The molecule has 0 aliphatic carbocycles. The molecule has 2 aliphatic heterocycles. The molecule has 1 aromatic carbocycles. The van der Waals surface area contributed by atoms with E-state index in [1.807, 2.05) is 24.8 Å². The van der Waals surface area contributed by atoms with Gasteiger partial charge in [-0.3, -0.25) is 4.79 Å². The van der Waals surface area contributed by atoms with Crippen LogP contribution in [0.25, 0.3) is 0 Å². The highest BCUT2D eigenvalue weighted by molar-refractivity contribution is 5.93. The van der Waals surface area contributed by atoms with E-state index in [4.69, 9.17) is 19.4 Å². The lowest BCUT2D eigenvalue weighted by atomic mass is 9.97. The van der Waals surface area contributed by atoms with Gasteiger partial charge in [0.25, 0.3) is 5.91 Å². The Morgan fingerprint density at radius 3 is 2.56 bits per heavy atom. The number of carbonyl (C=O) groups excluding carboxylic acids is 2. The molecular formula is C33H42N6O4. The molecule has 0 bridgehead atoms. The van der Waals surface area contributed by atoms with Crippen LogP contribution in [0.5, 0.6) is 0 Å². The van der Waals surface area contributed by atoms with Gasteiger partial charge in [-0.1, -0.05) is 32.0 Å². The van der Waals surface area contributed by atoms with Crippen molar-refractivity contribution in [2.75, 3.05) is 43.5 Å². The summed E-state index contributed by atoms with van der Waals surface area (Å²) in [6.45, 7) is 15.7. The van der Waals surface area contributed by atoms with Crippen LogP contribution in [0.4, 0.5) is 11.6 Å². The summed E-state index contributed by atoms with van der Waals surface area (Å²) in [5.74, 6) is 1.07. The van der Waals surface area contributed by atoms with Gasteiger partial charge in [-0.2, -0.15) is 0 Å². The fourth-order valence-electron chi connectivity index (χ4n) is 6.00. The number of nitrogens with zero attached hydrogens (tertiary/aromatic N) is 5. The average Bonchev–Trinajstić information content (AvgIpc) is 3.44. The molecule has 1 saturated heterocycles. The van der Waals surface area contributed by atoms with E-state index in [1.54, 1.807) is 6.20 Å². The molecule has 0 unspecified atom stereocenters. The molecule has 4 heterocycles. The van der Waals surface area contributed by atoms with E-state index in [0.29, 0.717) is 62.2 Å². The van der Waals surface area contributed by atoms with Gasteiger partial charge in [-0.15, -0.1) is 0 Å². The molecule has 1 amide bonds. The molecule has 5 rings (SSSR count). The highest BCUT2D eigenvalue weighted by atomic mass is 16.5. The van der Waals surface area contributed by atoms with Gasteiger partial charge in [0, 0.05) is 26.2 Å². The van der Waals surface area contributed by atoms with Crippen molar-refractivity contribution in [3.05, 3.63) is 75.4 Å². The molecule has 2 aromatic heterocycles. The number of hydrogen-bond donors (Lipinski definition) is 1. The number of aryl methyl sites for hydroxylation is 2. The highest BCUT2D eigenvalue weighted by Crippen LogP contribution is 2.29. The standard InChI is InChI=1S/C33H42N6O4/c1-20(2)29-30(34-11-10-23-8-9-24-17-43-18-25(24)15-23)35-16-26(37-29)31(40)39-13-12-38(19-33(39,5)6)27-14-21(3)28(22(4)36-27)32(41)42-7/h8-9,14-16,20H,10-13,17-19H2,1-7H3,(H,34,35). The maximum absolute atomic E-state index is 13.8. The van der Waals surface area contributed by atoms with Gasteiger partial charge >= 0.3 is 5.97 Å². The van der Waals surface area contributed by atoms with Crippen molar-refractivity contribution in [3.8, 4) is 0 Å². The third-order valence-electron chi connectivity index (χ3n) is 8.30. The third-order valence-corrected chi connectivity index (χ3v) is 8.30. The Labute approximate surface area is 253 Å². The smallest absolute Gasteiger partial charge is 0.339 e. The van der Waals surface area contributed by atoms with E-state index in [0.717, 1.165) is 23.5 Å². The van der Waals surface area contributed by atoms with Gasteiger partial charge in [0.2, 0.25) is 0 Å². The van der Waals surface area contributed by atoms with E-state index in [9.17, 15) is 9.59 Å². The molecule has 2 aliphatic rings. The number of benzene rings is 1. The Morgan fingerprint density at radius 2 is 1.86 bits per heavy atom. The number of amides is 1. The maximum atomic E-state index is 13.8. The number of fused-ring (bicyclic) bond motifs is 1.